The number of nitrogens with zero attached hydrogens (tertiary/aromatic N) is 1. The van der Waals surface area contributed by atoms with Crippen LogP contribution in [0.1, 0.15) is 24.0 Å². The summed E-state index contributed by atoms with van der Waals surface area (Å²) in [5, 5.41) is 1.99. The van der Waals surface area contributed by atoms with E-state index in [1.54, 1.807) is 7.11 Å². The Hall–Kier alpha value is -1.97. The fourth-order valence-corrected chi connectivity index (χ4v) is 3.55. The standard InChI is InChI=1S/C20H23ClN2O/c1-3-23-13-18(17-6-4-5-7-19(17)23)15(12-22)10-14-11-16(21)8-9-20(14)24-2/h4-9,11,13,15H,3,10,12,22H2,1-2H3. The molecule has 0 aliphatic heterocycles. The molecule has 3 rings (SSSR count). The minimum Gasteiger partial charge on any atom is -0.496 e. The molecule has 0 aliphatic rings. The first-order valence-electron chi connectivity index (χ1n) is 8.28. The van der Waals surface area contributed by atoms with Gasteiger partial charge in [-0.3, -0.25) is 0 Å². The Kier molecular flexibility index (Phi) is 5.12. The Balaban J connectivity index is 2.03. The van der Waals surface area contributed by atoms with E-state index in [2.05, 4.69) is 42.0 Å². The van der Waals surface area contributed by atoms with Crippen LogP contribution in [-0.2, 0) is 13.0 Å². The van der Waals surface area contributed by atoms with E-state index in [0.717, 1.165) is 29.3 Å². The van der Waals surface area contributed by atoms with Gasteiger partial charge in [-0.2, -0.15) is 0 Å². The molecule has 1 heterocycles. The average Bonchev–Trinajstić information content (AvgIpc) is 2.98. The Morgan fingerprint density at radius 1 is 1.21 bits per heavy atom. The average molecular weight is 343 g/mol. The molecule has 24 heavy (non-hydrogen) atoms. The van der Waals surface area contributed by atoms with Gasteiger partial charge in [-0.25, -0.2) is 0 Å². The molecular weight excluding hydrogens is 320 g/mol. The summed E-state index contributed by atoms with van der Waals surface area (Å²) in [5.74, 6) is 1.08. The normalized spacial score (nSPS) is 12.5. The van der Waals surface area contributed by atoms with Crippen molar-refractivity contribution in [1.29, 1.82) is 0 Å². The van der Waals surface area contributed by atoms with E-state index in [1.165, 1.54) is 16.5 Å². The largest absolute Gasteiger partial charge is 0.496 e. The highest BCUT2D eigenvalue weighted by Crippen LogP contribution is 2.33. The molecule has 0 fully saturated rings. The van der Waals surface area contributed by atoms with Crippen LogP contribution in [0, 0.1) is 0 Å². The van der Waals surface area contributed by atoms with Crippen LogP contribution in [0.2, 0.25) is 5.02 Å². The molecule has 0 saturated carbocycles. The van der Waals surface area contributed by atoms with Crippen LogP contribution in [-0.4, -0.2) is 18.2 Å². The molecule has 126 valence electrons. The Morgan fingerprint density at radius 2 is 2.00 bits per heavy atom. The van der Waals surface area contributed by atoms with E-state index in [4.69, 9.17) is 22.1 Å². The van der Waals surface area contributed by atoms with Crippen molar-refractivity contribution in [3.63, 3.8) is 0 Å². The summed E-state index contributed by atoms with van der Waals surface area (Å²) >= 11 is 6.18. The predicted octanol–water partition coefficient (Wildman–Crippen LogP) is 4.61. The van der Waals surface area contributed by atoms with E-state index in [9.17, 15) is 0 Å². The lowest BCUT2D eigenvalue weighted by Gasteiger charge is -2.17. The number of halogens is 1. The molecule has 2 N–H and O–H groups in total. The summed E-state index contributed by atoms with van der Waals surface area (Å²) in [6.07, 6.45) is 3.04. The number of aryl methyl sites for hydroxylation is 1. The molecule has 4 heteroatoms. The summed E-state index contributed by atoms with van der Waals surface area (Å²) in [4.78, 5) is 0. The van der Waals surface area contributed by atoms with Crippen LogP contribution in [0.3, 0.4) is 0 Å². The minimum atomic E-state index is 0.218. The summed E-state index contributed by atoms with van der Waals surface area (Å²) in [5.41, 5.74) is 9.78. The highest BCUT2D eigenvalue weighted by atomic mass is 35.5. The van der Waals surface area contributed by atoms with Gasteiger partial charge in [0.25, 0.3) is 0 Å². The van der Waals surface area contributed by atoms with Gasteiger partial charge in [0.2, 0.25) is 0 Å². The highest BCUT2D eigenvalue weighted by Gasteiger charge is 2.19. The van der Waals surface area contributed by atoms with E-state index < -0.39 is 0 Å². The summed E-state index contributed by atoms with van der Waals surface area (Å²) in [6.45, 7) is 3.68. The van der Waals surface area contributed by atoms with Gasteiger partial charge in [-0.05, 0) is 55.3 Å². The lowest BCUT2D eigenvalue weighted by molar-refractivity contribution is 0.408. The summed E-state index contributed by atoms with van der Waals surface area (Å²) in [7, 11) is 1.69. The van der Waals surface area contributed by atoms with Gasteiger partial charge < -0.3 is 15.0 Å². The number of aromatic nitrogens is 1. The molecule has 3 nitrogen and oxygen atoms in total. The van der Waals surface area contributed by atoms with Crippen LogP contribution < -0.4 is 10.5 Å². The van der Waals surface area contributed by atoms with E-state index in [-0.39, 0.29) is 5.92 Å². The molecule has 0 amide bonds. The van der Waals surface area contributed by atoms with E-state index in [0.29, 0.717) is 6.54 Å². The number of methoxy groups -OCH3 is 1. The number of para-hydroxylation sites is 1. The lowest BCUT2D eigenvalue weighted by atomic mass is 9.91. The number of nitrogens with two attached hydrogens (primary N) is 1. The molecule has 1 unspecified atom stereocenters. The van der Waals surface area contributed by atoms with Crippen molar-refractivity contribution < 1.29 is 4.74 Å². The first-order chi connectivity index (χ1) is 11.7. The Morgan fingerprint density at radius 3 is 2.71 bits per heavy atom. The summed E-state index contributed by atoms with van der Waals surface area (Å²) in [6, 6.07) is 14.2. The molecule has 1 atom stereocenters. The third-order valence-corrected chi connectivity index (χ3v) is 4.83. The van der Waals surface area contributed by atoms with Crippen molar-refractivity contribution in [2.75, 3.05) is 13.7 Å². The number of fused-ring (bicyclic) bond motifs is 1. The molecule has 3 aromatic rings. The molecule has 0 saturated heterocycles. The lowest BCUT2D eigenvalue weighted by Crippen LogP contribution is -2.15. The van der Waals surface area contributed by atoms with Gasteiger partial charge in [0.05, 0.1) is 7.11 Å². The van der Waals surface area contributed by atoms with Gasteiger partial charge in [-0.1, -0.05) is 29.8 Å². The zero-order valence-corrected chi connectivity index (χ0v) is 14.9. The first kappa shape index (κ1) is 16.9. The van der Waals surface area contributed by atoms with Crippen LogP contribution in [0.15, 0.2) is 48.7 Å². The second kappa shape index (κ2) is 7.29. The fraction of sp³-hybridized carbons (Fsp3) is 0.300. The van der Waals surface area contributed by atoms with Crippen molar-refractivity contribution in [2.45, 2.75) is 25.8 Å². The molecular formula is C20H23ClN2O. The molecule has 0 radical (unpaired) electrons. The zero-order valence-electron chi connectivity index (χ0n) is 14.1. The molecule has 0 spiro atoms. The van der Waals surface area contributed by atoms with Crippen LogP contribution in [0.5, 0.6) is 5.75 Å². The molecule has 1 aromatic heterocycles. The van der Waals surface area contributed by atoms with Crippen molar-refractivity contribution in [1.82, 2.24) is 4.57 Å². The summed E-state index contributed by atoms with van der Waals surface area (Å²) < 4.78 is 7.77. The SMILES string of the molecule is CCn1cc(C(CN)Cc2cc(Cl)ccc2OC)c2ccccc21. The number of hydrogen-bond acceptors (Lipinski definition) is 2. The Labute approximate surface area is 148 Å². The molecule has 0 aliphatic carbocycles. The first-order valence-corrected chi connectivity index (χ1v) is 8.66. The monoisotopic (exact) mass is 342 g/mol. The maximum atomic E-state index is 6.18. The minimum absolute atomic E-state index is 0.218. The van der Waals surface area contributed by atoms with Crippen LogP contribution in [0.4, 0.5) is 0 Å². The van der Waals surface area contributed by atoms with Crippen molar-refractivity contribution >= 4 is 22.5 Å². The topological polar surface area (TPSA) is 40.2 Å². The maximum Gasteiger partial charge on any atom is 0.122 e. The van der Waals surface area contributed by atoms with Gasteiger partial charge in [0.15, 0.2) is 0 Å². The number of ether oxygens (including phenoxy) is 1. The van der Waals surface area contributed by atoms with Gasteiger partial charge >= 0.3 is 0 Å². The van der Waals surface area contributed by atoms with E-state index >= 15 is 0 Å². The van der Waals surface area contributed by atoms with Crippen molar-refractivity contribution in [3.05, 3.63) is 64.8 Å². The second-order valence-corrected chi connectivity index (χ2v) is 6.42. The number of hydrogen-bond donors (Lipinski definition) is 1. The third-order valence-electron chi connectivity index (χ3n) is 4.59. The van der Waals surface area contributed by atoms with Gasteiger partial charge in [0.1, 0.15) is 5.75 Å². The van der Waals surface area contributed by atoms with Crippen LogP contribution in [0.25, 0.3) is 10.9 Å². The second-order valence-electron chi connectivity index (χ2n) is 5.98. The smallest absolute Gasteiger partial charge is 0.122 e. The van der Waals surface area contributed by atoms with Gasteiger partial charge in [0, 0.05) is 34.6 Å². The number of benzene rings is 2. The fourth-order valence-electron chi connectivity index (χ4n) is 3.35. The molecule has 0 bridgehead atoms. The predicted molar refractivity (Wildman–Crippen MR) is 101 cm³/mol. The highest BCUT2D eigenvalue weighted by molar-refractivity contribution is 6.30. The molecule has 2 aromatic carbocycles. The number of rotatable bonds is 6. The van der Waals surface area contributed by atoms with Crippen molar-refractivity contribution in [3.8, 4) is 5.75 Å². The quantitative estimate of drug-likeness (QED) is 0.710. The Bertz CT molecular complexity index is 841. The van der Waals surface area contributed by atoms with Crippen LogP contribution >= 0.6 is 11.6 Å². The van der Waals surface area contributed by atoms with Gasteiger partial charge in [-0.15, -0.1) is 0 Å². The zero-order chi connectivity index (χ0) is 17.1. The third kappa shape index (κ3) is 3.14. The van der Waals surface area contributed by atoms with E-state index in [1.807, 2.05) is 18.2 Å². The van der Waals surface area contributed by atoms with Crippen molar-refractivity contribution in [2.24, 2.45) is 5.73 Å². The maximum absolute atomic E-state index is 6.18.